The molecule has 1 rings (SSSR count). The summed E-state index contributed by atoms with van der Waals surface area (Å²) >= 11 is 0. The maximum Gasteiger partial charge on any atom is 0.136 e. The van der Waals surface area contributed by atoms with Crippen molar-refractivity contribution >= 4 is 5.78 Å². The van der Waals surface area contributed by atoms with Gasteiger partial charge in [-0.3, -0.25) is 4.79 Å². The Kier molecular flexibility index (Phi) is 6.65. The van der Waals surface area contributed by atoms with Crippen LogP contribution in [0, 0.1) is 11.8 Å². The minimum absolute atomic E-state index is 0.256. The van der Waals surface area contributed by atoms with Crippen molar-refractivity contribution in [3.8, 4) is 0 Å². The first kappa shape index (κ1) is 13.7. The van der Waals surface area contributed by atoms with E-state index in [0.717, 1.165) is 45.3 Å². The number of Topliss-reactive ketones (excluding diaryl/α,β-unsaturated/α-hetero) is 1. The second kappa shape index (κ2) is 7.80. The number of hydrogen-bond acceptors (Lipinski definition) is 3. The molecule has 0 aromatic rings. The average Bonchev–Trinajstić information content (AvgIpc) is 2.28. The first-order valence-electron chi connectivity index (χ1n) is 6.33. The van der Waals surface area contributed by atoms with Crippen LogP contribution in [0.1, 0.15) is 39.0 Å². The topological polar surface area (TPSA) is 35.5 Å². The Hall–Kier alpha value is -0.410. The molecule has 1 fully saturated rings. The molecule has 0 saturated heterocycles. The van der Waals surface area contributed by atoms with Crippen LogP contribution < -0.4 is 0 Å². The zero-order chi connectivity index (χ0) is 11.8. The van der Waals surface area contributed by atoms with Crippen LogP contribution in [0.4, 0.5) is 0 Å². The molecule has 1 saturated carbocycles. The molecule has 1 aliphatic carbocycles. The summed E-state index contributed by atoms with van der Waals surface area (Å²) in [4.78, 5) is 11.6. The van der Waals surface area contributed by atoms with Crippen LogP contribution in [0.25, 0.3) is 0 Å². The lowest BCUT2D eigenvalue weighted by atomic mass is 9.80. The van der Waals surface area contributed by atoms with Crippen LogP contribution in [-0.2, 0) is 14.3 Å². The van der Waals surface area contributed by atoms with Gasteiger partial charge in [0.15, 0.2) is 0 Å². The molecular formula is C13H24O3. The first-order valence-corrected chi connectivity index (χ1v) is 6.33. The summed E-state index contributed by atoms with van der Waals surface area (Å²) < 4.78 is 10.4. The van der Waals surface area contributed by atoms with Gasteiger partial charge in [-0.15, -0.1) is 0 Å². The van der Waals surface area contributed by atoms with E-state index in [9.17, 15) is 4.79 Å². The van der Waals surface area contributed by atoms with E-state index in [0.29, 0.717) is 18.3 Å². The smallest absolute Gasteiger partial charge is 0.136 e. The summed E-state index contributed by atoms with van der Waals surface area (Å²) in [7, 11) is 1.70. The van der Waals surface area contributed by atoms with Crippen molar-refractivity contribution < 1.29 is 14.3 Å². The molecular weight excluding hydrogens is 204 g/mol. The van der Waals surface area contributed by atoms with Crippen molar-refractivity contribution in [1.82, 2.24) is 0 Å². The van der Waals surface area contributed by atoms with Crippen molar-refractivity contribution in [2.24, 2.45) is 11.8 Å². The summed E-state index contributed by atoms with van der Waals surface area (Å²) in [5.41, 5.74) is 0. The molecule has 0 amide bonds. The number of ketones is 1. The van der Waals surface area contributed by atoms with E-state index in [1.54, 1.807) is 7.11 Å². The molecule has 0 aromatic carbocycles. The average molecular weight is 228 g/mol. The van der Waals surface area contributed by atoms with Gasteiger partial charge in [-0.1, -0.05) is 6.92 Å². The Morgan fingerprint density at radius 3 is 2.88 bits per heavy atom. The molecule has 3 nitrogen and oxygen atoms in total. The van der Waals surface area contributed by atoms with Gasteiger partial charge < -0.3 is 9.47 Å². The van der Waals surface area contributed by atoms with Crippen molar-refractivity contribution in [3.63, 3.8) is 0 Å². The van der Waals surface area contributed by atoms with Gasteiger partial charge in [0.1, 0.15) is 5.78 Å². The summed E-state index contributed by atoms with van der Waals surface area (Å²) in [6, 6.07) is 0. The number of carbonyl (C=O) groups is 1. The summed E-state index contributed by atoms with van der Waals surface area (Å²) in [5, 5.41) is 0. The van der Waals surface area contributed by atoms with Crippen LogP contribution in [0.3, 0.4) is 0 Å². The van der Waals surface area contributed by atoms with Gasteiger partial charge in [0.2, 0.25) is 0 Å². The zero-order valence-electron chi connectivity index (χ0n) is 10.5. The second-order valence-electron chi connectivity index (χ2n) is 4.79. The fraction of sp³-hybridized carbons (Fsp3) is 0.923. The molecule has 2 unspecified atom stereocenters. The molecule has 3 heteroatoms. The Morgan fingerprint density at radius 2 is 2.12 bits per heavy atom. The van der Waals surface area contributed by atoms with Crippen molar-refractivity contribution in [2.45, 2.75) is 39.0 Å². The maximum absolute atomic E-state index is 11.6. The van der Waals surface area contributed by atoms with Crippen LogP contribution in [-0.4, -0.2) is 32.7 Å². The van der Waals surface area contributed by atoms with Crippen LogP contribution in [0.2, 0.25) is 0 Å². The fourth-order valence-corrected chi connectivity index (χ4v) is 2.24. The van der Waals surface area contributed by atoms with Crippen molar-refractivity contribution in [1.29, 1.82) is 0 Å². The molecule has 0 aliphatic heterocycles. The fourth-order valence-electron chi connectivity index (χ4n) is 2.24. The van der Waals surface area contributed by atoms with Crippen molar-refractivity contribution in [3.05, 3.63) is 0 Å². The Labute approximate surface area is 98.5 Å². The monoisotopic (exact) mass is 228 g/mol. The molecule has 0 N–H and O–H groups in total. The third kappa shape index (κ3) is 5.08. The second-order valence-corrected chi connectivity index (χ2v) is 4.79. The van der Waals surface area contributed by atoms with Crippen LogP contribution in [0.5, 0.6) is 0 Å². The molecule has 0 spiro atoms. The van der Waals surface area contributed by atoms with Gasteiger partial charge in [-0.25, -0.2) is 0 Å². The van der Waals surface area contributed by atoms with E-state index >= 15 is 0 Å². The molecule has 94 valence electrons. The third-order valence-corrected chi connectivity index (χ3v) is 3.27. The highest BCUT2D eigenvalue weighted by atomic mass is 16.5. The van der Waals surface area contributed by atoms with Crippen molar-refractivity contribution in [2.75, 3.05) is 26.9 Å². The molecule has 0 heterocycles. The minimum Gasteiger partial charge on any atom is -0.385 e. The predicted octanol–water partition coefficient (Wildman–Crippen LogP) is 2.43. The largest absolute Gasteiger partial charge is 0.385 e. The zero-order valence-corrected chi connectivity index (χ0v) is 10.5. The number of ether oxygens (including phenoxy) is 2. The predicted molar refractivity (Wildman–Crippen MR) is 63.4 cm³/mol. The highest BCUT2D eigenvalue weighted by molar-refractivity contribution is 5.81. The lowest BCUT2D eigenvalue weighted by Crippen LogP contribution is -2.24. The van der Waals surface area contributed by atoms with Gasteiger partial charge in [-0.05, 0) is 31.6 Å². The van der Waals surface area contributed by atoms with E-state index < -0.39 is 0 Å². The van der Waals surface area contributed by atoms with E-state index in [1.165, 1.54) is 0 Å². The van der Waals surface area contributed by atoms with Gasteiger partial charge in [0.05, 0.1) is 0 Å². The minimum atomic E-state index is 0.256. The normalized spacial score (nSPS) is 26.0. The number of rotatable bonds is 7. The summed E-state index contributed by atoms with van der Waals surface area (Å²) in [6.45, 7) is 4.44. The summed E-state index contributed by atoms with van der Waals surface area (Å²) in [5.74, 6) is 1.40. The Morgan fingerprint density at radius 1 is 1.31 bits per heavy atom. The van der Waals surface area contributed by atoms with E-state index in [4.69, 9.17) is 9.47 Å². The maximum atomic E-state index is 11.6. The molecule has 2 atom stereocenters. The molecule has 0 radical (unpaired) electrons. The SMILES string of the molecule is COCCCOCCC1CC(C)CCC1=O. The Balaban J connectivity index is 2.05. The number of methoxy groups -OCH3 is 1. The Bertz CT molecular complexity index is 203. The standard InChI is InChI=1S/C13H24O3/c1-11-4-5-13(14)12(10-11)6-9-16-8-3-7-15-2/h11-12H,3-10H2,1-2H3. The lowest BCUT2D eigenvalue weighted by molar-refractivity contribution is -0.126. The van der Waals surface area contributed by atoms with Gasteiger partial charge in [-0.2, -0.15) is 0 Å². The van der Waals surface area contributed by atoms with E-state index in [1.807, 2.05) is 0 Å². The third-order valence-electron chi connectivity index (χ3n) is 3.27. The first-order chi connectivity index (χ1) is 7.74. The van der Waals surface area contributed by atoms with Crippen LogP contribution in [0.15, 0.2) is 0 Å². The number of carbonyl (C=O) groups excluding carboxylic acids is 1. The molecule has 16 heavy (non-hydrogen) atoms. The van der Waals surface area contributed by atoms with E-state index in [-0.39, 0.29) is 5.92 Å². The van der Waals surface area contributed by atoms with Gasteiger partial charge in [0.25, 0.3) is 0 Å². The van der Waals surface area contributed by atoms with Gasteiger partial charge in [0, 0.05) is 39.3 Å². The lowest BCUT2D eigenvalue weighted by Gasteiger charge is -2.25. The molecule has 1 aliphatic rings. The highest BCUT2D eigenvalue weighted by Gasteiger charge is 2.25. The quantitative estimate of drug-likeness (QED) is 0.628. The summed E-state index contributed by atoms with van der Waals surface area (Å²) in [6.07, 6.45) is 4.74. The number of hydrogen-bond donors (Lipinski definition) is 0. The van der Waals surface area contributed by atoms with Gasteiger partial charge >= 0.3 is 0 Å². The highest BCUT2D eigenvalue weighted by Crippen LogP contribution is 2.27. The van der Waals surface area contributed by atoms with Crippen LogP contribution >= 0.6 is 0 Å². The molecule has 0 bridgehead atoms. The molecule has 0 aromatic heterocycles. The van der Waals surface area contributed by atoms with E-state index in [2.05, 4.69) is 6.92 Å².